The Labute approximate surface area is 114 Å². The summed E-state index contributed by atoms with van der Waals surface area (Å²) in [5, 5.41) is 2.00. The van der Waals surface area contributed by atoms with Gasteiger partial charge in [-0.05, 0) is 12.2 Å². The first-order chi connectivity index (χ1) is 8.83. The highest BCUT2D eigenvalue weighted by molar-refractivity contribution is 7.99. The van der Waals surface area contributed by atoms with Crippen LogP contribution < -0.4 is 0 Å². The van der Waals surface area contributed by atoms with Crippen LogP contribution in [0.5, 0.6) is 0 Å². The molecule has 18 heavy (non-hydrogen) atoms. The van der Waals surface area contributed by atoms with Gasteiger partial charge in [0.25, 0.3) is 0 Å². The number of carbonyl (C=O) groups excluding carboxylic acids is 1. The van der Waals surface area contributed by atoms with E-state index in [-0.39, 0.29) is 5.91 Å². The molecule has 3 heterocycles. The van der Waals surface area contributed by atoms with Crippen molar-refractivity contribution in [2.75, 3.05) is 24.6 Å². The zero-order valence-electron chi connectivity index (χ0n) is 10.0. The van der Waals surface area contributed by atoms with Gasteiger partial charge in [0.1, 0.15) is 0 Å². The van der Waals surface area contributed by atoms with Crippen LogP contribution in [0.4, 0.5) is 0 Å². The molecule has 2 aromatic rings. The number of amides is 1. The molecular weight excluding hydrogens is 266 g/mol. The zero-order chi connectivity index (χ0) is 12.4. The van der Waals surface area contributed by atoms with E-state index in [4.69, 9.17) is 0 Å². The average Bonchev–Trinajstić information content (AvgIpc) is 2.80. The zero-order valence-corrected chi connectivity index (χ0v) is 11.7. The lowest BCUT2D eigenvalue weighted by Crippen LogP contribution is -2.34. The molecule has 1 fully saturated rings. The fourth-order valence-corrected chi connectivity index (χ4v) is 3.73. The molecule has 1 amide bonds. The van der Waals surface area contributed by atoms with Crippen LogP contribution in [0.15, 0.2) is 17.8 Å². The van der Waals surface area contributed by atoms with Crippen LogP contribution in [0.2, 0.25) is 0 Å². The Hall–Kier alpha value is -1.01. The molecule has 3 rings (SSSR count). The third-order valence-electron chi connectivity index (χ3n) is 3.05. The number of fused-ring (bicyclic) bond motifs is 1. The molecule has 96 valence electrons. The van der Waals surface area contributed by atoms with Gasteiger partial charge in [-0.15, -0.1) is 11.3 Å². The molecule has 0 spiro atoms. The monoisotopic (exact) mass is 281 g/mol. The van der Waals surface area contributed by atoms with Gasteiger partial charge in [-0.25, -0.2) is 4.98 Å². The number of hydrogen-bond donors (Lipinski definition) is 0. The fraction of sp³-hybridized carbons (Fsp3) is 0.500. The number of aromatic nitrogens is 2. The minimum Gasteiger partial charge on any atom is -0.342 e. The lowest BCUT2D eigenvalue weighted by Gasteiger charge is -2.19. The average molecular weight is 281 g/mol. The van der Waals surface area contributed by atoms with Crippen molar-refractivity contribution in [2.24, 2.45) is 0 Å². The van der Waals surface area contributed by atoms with Crippen LogP contribution in [0.1, 0.15) is 12.1 Å². The summed E-state index contributed by atoms with van der Waals surface area (Å²) < 4.78 is 1.98. The number of thioether (sulfide) groups is 1. The van der Waals surface area contributed by atoms with Crippen LogP contribution in [0.25, 0.3) is 4.96 Å². The summed E-state index contributed by atoms with van der Waals surface area (Å²) in [7, 11) is 0. The number of thiazole rings is 1. The van der Waals surface area contributed by atoms with Crippen molar-refractivity contribution in [1.82, 2.24) is 14.3 Å². The van der Waals surface area contributed by atoms with Crippen molar-refractivity contribution in [3.63, 3.8) is 0 Å². The summed E-state index contributed by atoms with van der Waals surface area (Å²) in [5.74, 6) is 2.44. The van der Waals surface area contributed by atoms with Crippen molar-refractivity contribution >= 4 is 34.0 Å². The van der Waals surface area contributed by atoms with Crippen molar-refractivity contribution in [1.29, 1.82) is 0 Å². The molecule has 0 N–H and O–H groups in total. The molecule has 0 bridgehead atoms. The van der Waals surface area contributed by atoms with Gasteiger partial charge in [0, 0.05) is 36.6 Å². The van der Waals surface area contributed by atoms with Gasteiger partial charge in [-0.2, -0.15) is 11.8 Å². The standard InChI is InChI=1S/C12H15N3OS2/c16-11(14-2-1-5-17-6-3-14)8-10-9-15-4-7-18-12(15)13-10/h4,7,9H,1-3,5-6,8H2. The van der Waals surface area contributed by atoms with E-state index in [2.05, 4.69) is 4.98 Å². The van der Waals surface area contributed by atoms with E-state index in [9.17, 15) is 4.79 Å². The normalized spacial score (nSPS) is 17.0. The molecule has 0 aromatic carbocycles. The second-order valence-electron chi connectivity index (χ2n) is 4.35. The Morgan fingerprint density at radius 3 is 3.22 bits per heavy atom. The van der Waals surface area contributed by atoms with E-state index in [0.717, 1.165) is 35.9 Å². The SMILES string of the molecule is O=C(Cc1cn2ccsc2n1)N1CCCSCC1. The van der Waals surface area contributed by atoms with E-state index >= 15 is 0 Å². The van der Waals surface area contributed by atoms with Crippen LogP contribution in [-0.4, -0.2) is 44.8 Å². The lowest BCUT2D eigenvalue weighted by atomic mass is 10.3. The van der Waals surface area contributed by atoms with Crippen LogP contribution in [0.3, 0.4) is 0 Å². The number of nitrogens with zero attached hydrogens (tertiary/aromatic N) is 3. The van der Waals surface area contributed by atoms with Gasteiger partial charge < -0.3 is 4.90 Å². The molecule has 1 saturated heterocycles. The number of hydrogen-bond acceptors (Lipinski definition) is 4. The minimum absolute atomic E-state index is 0.211. The van der Waals surface area contributed by atoms with E-state index in [0.29, 0.717) is 6.42 Å². The second-order valence-corrected chi connectivity index (χ2v) is 6.45. The predicted molar refractivity (Wildman–Crippen MR) is 75.3 cm³/mol. The van der Waals surface area contributed by atoms with Crippen molar-refractivity contribution in [3.8, 4) is 0 Å². The van der Waals surface area contributed by atoms with E-state index in [1.807, 2.05) is 38.8 Å². The number of carbonyl (C=O) groups is 1. The Kier molecular flexibility index (Phi) is 3.56. The summed E-state index contributed by atoms with van der Waals surface area (Å²) in [6.45, 7) is 1.78. The molecule has 0 aliphatic carbocycles. The maximum atomic E-state index is 12.2. The smallest absolute Gasteiger partial charge is 0.228 e. The predicted octanol–water partition coefficient (Wildman–Crippen LogP) is 1.90. The molecule has 1 aliphatic heterocycles. The molecule has 4 nitrogen and oxygen atoms in total. The fourth-order valence-electron chi connectivity index (χ4n) is 2.12. The Bertz CT molecular complexity index is 512. The molecular formula is C12H15N3OS2. The summed E-state index contributed by atoms with van der Waals surface area (Å²) >= 11 is 3.53. The Balaban J connectivity index is 1.67. The maximum absolute atomic E-state index is 12.2. The summed E-state index contributed by atoms with van der Waals surface area (Å²) in [6, 6.07) is 0. The van der Waals surface area contributed by atoms with Gasteiger partial charge in [-0.1, -0.05) is 0 Å². The van der Waals surface area contributed by atoms with Crippen LogP contribution >= 0.6 is 23.1 Å². The van der Waals surface area contributed by atoms with Gasteiger partial charge in [0.2, 0.25) is 5.91 Å². The Morgan fingerprint density at radius 2 is 2.33 bits per heavy atom. The largest absolute Gasteiger partial charge is 0.342 e. The second kappa shape index (κ2) is 5.32. The van der Waals surface area contributed by atoms with Crippen molar-refractivity contribution in [2.45, 2.75) is 12.8 Å². The quantitative estimate of drug-likeness (QED) is 0.844. The first kappa shape index (κ1) is 12.0. The highest BCUT2D eigenvalue weighted by Gasteiger charge is 2.17. The summed E-state index contributed by atoms with van der Waals surface area (Å²) in [5.41, 5.74) is 0.878. The minimum atomic E-state index is 0.211. The highest BCUT2D eigenvalue weighted by atomic mass is 32.2. The van der Waals surface area contributed by atoms with E-state index < -0.39 is 0 Å². The van der Waals surface area contributed by atoms with Crippen LogP contribution in [0, 0.1) is 0 Å². The first-order valence-electron chi connectivity index (χ1n) is 6.09. The molecule has 0 unspecified atom stereocenters. The topological polar surface area (TPSA) is 37.6 Å². The summed E-state index contributed by atoms with van der Waals surface area (Å²) in [4.78, 5) is 19.6. The number of rotatable bonds is 2. The Morgan fingerprint density at radius 1 is 1.39 bits per heavy atom. The molecule has 2 aromatic heterocycles. The van der Waals surface area contributed by atoms with Gasteiger partial charge >= 0.3 is 0 Å². The lowest BCUT2D eigenvalue weighted by molar-refractivity contribution is -0.130. The maximum Gasteiger partial charge on any atom is 0.228 e. The molecule has 0 radical (unpaired) electrons. The molecule has 6 heteroatoms. The highest BCUT2D eigenvalue weighted by Crippen LogP contribution is 2.14. The molecule has 0 atom stereocenters. The third-order valence-corrected chi connectivity index (χ3v) is 4.87. The van der Waals surface area contributed by atoms with Crippen molar-refractivity contribution in [3.05, 3.63) is 23.5 Å². The third kappa shape index (κ3) is 2.54. The summed E-state index contributed by atoms with van der Waals surface area (Å²) in [6.07, 6.45) is 5.47. The van der Waals surface area contributed by atoms with E-state index in [1.54, 1.807) is 11.3 Å². The first-order valence-corrected chi connectivity index (χ1v) is 8.13. The number of imidazole rings is 1. The molecule has 0 saturated carbocycles. The van der Waals surface area contributed by atoms with Gasteiger partial charge in [-0.3, -0.25) is 9.20 Å². The van der Waals surface area contributed by atoms with E-state index in [1.165, 1.54) is 5.75 Å². The van der Waals surface area contributed by atoms with Crippen LogP contribution in [-0.2, 0) is 11.2 Å². The molecule has 1 aliphatic rings. The van der Waals surface area contributed by atoms with Crippen molar-refractivity contribution < 1.29 is 4.79 Å². The van der Waals surface area contributed by atoms with Gasteiger partial charge in [0.15, 0.2) is 4.96 Å². The van der Waals surface area contributed by atoms with Gasteiger partial charge in [0.05, 0.1) is 12.1 Å².